The number of aromatic nitrogens is 5. The number of H-pyrrole nitrogens is 1. The predicted octanol–water partition coefficient (Wildman–Crippen LogP) is 2.76. The van der Waals surface area contributed by atoms with Crippen LogP contribution in [0.15, 0.2) is 35.4 Å². The molecule has 22 heavy (non-hydrogen) atoms. The number of hydrogen-bond acceptors (Lipinski definition) is 4. The summed E-state index contributed by atoms with van der Waals surface area (Å²) < 4.78 is 16.6. The molecule has 0 fully saturated rings. The van der Waals surface area contributed by atoms with Gasteiger partial charge in [-0.25, -0.2) is 14.2 Å². The Morgan fingerprint density at radius 3 is 2.82 bits per heavy atom. The van der Waals surface area contributed by atoms with Crippen LogP contribution in [0, 0.1) is 24.4 Å². The summed E-state index contributed by atoms with van der Waals surface area (Å²) >= 11 is 5.18. The fraction of sp³-hybridized carbons (Fsp3) is 0.143. The molecule has 1 N–H and O–H groups in total. The van der Waals surface area contributed by atoms with E-state index in [4.69, 9.17) is 12.2 Å². The molecule has 0 aliphatic heterocycles. The summed E-state index contributed by atoms with van der Waals surface area (Å²) in [5.74, 6) is 0.127. The number of rotatable bonds is 3. The first kappa shape index (κ1) is 14.3. The normalized spacial score (nSPS) is 11.4. The van der Waals surface area contributed by atoms with Crippen LogP contribution in [-0.4, -0.2) is 30.9 Å². The van der Waals surface area contributed by atoms with Gasteiger partial charge >= 0.3 is 0 Å². The van der Waals surface area contributed by atoms with Gasteiger partial charge < -0.3 is 0 Å². The number of benzene rings is 1. The Hall–Kier alpha value is -2.61. The smallest absolute Gasteiger partial charge is 0.248 e. The SMILES string of the molecule is Cc1cc(C)n(-c2n[nH]c(=S)n2/N=C\c2cccc(F)c2)n1. The van der Waals surface area contributed by atoms with Gasteiger partial charge in [-0.1, -0.05) is 12.1 Å². The highest BCUT2D eigenvalue weighted by Gasteiger charge is 2.11. The van der Waals surface area contributed by atoms with Crippen molar-refractivity contribution in [3.63, 3.8) is 0 Å². The Bertz CT molecular complexity index is 904. The molecule has 0 radical (unpaired) electrons. The summed E-state index contributed by atoms with van der Waals surface area (Å²) in [5.41, 5.74) is 2.41. The molecule has 0 spiro atoms. The lowest BCUT2D eigenvalue weighted by molar-refractivity contribution is 0.627. The molecule has 1 aromatic carbocycles. The number of aromatic amines is 1. The lowest BCUT2D eigenvalue weighted by atomic mass is 10.2. The Balaban J connectivity index is 2.03. The molecule has 0 atom stereocenters. The van der Waals surface area contributed by atoms with E-state index in [-0.39, 0.29) is 5.82 Å². The van der Waals surface area contributed by atoms with E-state index >= 15 is 0 Å². The molecule has 3 rings (SSSR count). The minimum Gasteiger partial charge on any atom is -0.248 e. The molecule has 112 valence electrons. The van der Waals surface area contributed by atoms with E-state index < -0.39 is 0 Å². The minimum atomic E-state index is -0.321. The maximum atomic E-state index is 13.2. The van der Waals surface area contributed by atoms with Crippen LogP contribution in [-0.2, 0) is 0 Å². The third kappa shape index (κ3) is 2.73. The predicted molar refractivity (Wildman–Crippen MR) is 83.4 cm³/mol. The maximum Gasteiger partial charge on any atom is 0.271 e. The highest BCUT2D eigenvalue weighted by Crippen LogP contribution is 2.10. The lowest BCUT2D eigenvalue weighted by Crippen LogP contribution is -2.07. The molecule has 0 unspecified atom stereocenters. The third-order valence-corrected chi connectivity index (χ3v) is 3.27. The second-order valence-electron chi connectivity index (χ2n) is 4.78. The van der Waals surface area contributed by atoms with E-state index in [1.807, 2.05) is 19.9 Å². The first-order valence-electron chi connectivity index (χ1n) is 6.55. The van der Waals surface area contributed by atoms with Crippen molar-refractivity contribution in [1.29, 1.82) is 0 Å². The van der Waals surface area contributed by atoms with E-state index in [2.05, 4.69) is 20.4 Å². The van der Waals surface area contributed by atoms with Gasteiger partial charge in [0.2, 0.25) is 4.77 Å². The number of nitrogens with zero attached hydrogens (tertiary/aromatic N) is 5. The summed E-state index contributed by atoms with van der Waals surface area (Å²) in [5, 5.41) is 15.5. The molecule has 2 aromatic heterocycles. The Morgan fingerprint density at radius 2 is 2.14 bits per heavy atom. The molecule has 8 heteroatoms. The highest BCUT2D eigenvalue weighted by molar-refractivity contribution is 7.71. The lowest BCUT2D eigenvalue weighted by Gasteiger charge is -2.02. The van der Waals surface area contributed by atoms with Gasteiger partial charge in [0, 0.05) is 5.69 Å². The van der Waals surface area contributed by atoms with E-state index in [1.165, 1.54) is 23.0 Å². The van der Waals surface area contributed by atoms with Gasteiger partial charge in [-0.05, 0) is 49.8 Å². The molecule has 6 nitrogen and oxygen atoms in total. The second-order valence-corrected chi connectivity index (χ2v) is 5.17. The fourth-order valence-electron chi connectivity index (χ4n) is 2.07. The van der Waals surface area contributed by atoms with Crippen LogP contribution in [0.4, 0.5) is 4.39 Å². The molecule has 0 amide bonds. The van der Waals surface area contributed by atoms with Crippen molar-refractivity contribution in [3.8, 4) is 5.95 Å². The second kappa shape index (κ2) is 5.64. The Kier molecular flexibility index (Phi) is 3.68. The molecule has 0 saturated carbocycles. The van der Waals surface area contributed by atoms with Gasteiger partial charge in [-0.15, -0.1) is 5.10 Å². The number of hydrogen-bond donors (Lipinski definition) is 1. The molecule has 0 aliphatic rings. The van der Waals surface area contributed by atoms with Crippen LogP contribution in [0.3, 0.4) is 0 Å². The van der Waals surface area contributed by atoms with E-state index in [1.54, 1.807) is 16.8 Å². The topological polar surface area (TPSA) is 63.8 Å². The Labute approximate surface area is 130 Å². The summed E-state index contributed by atoms with van der Waals surface area (Å²) in [6.45, 7) is 3.81. The zero-order chi connectivity index (χ0) is 15.7. The van der Waals surface area contributed by atoms with E-state index in [0.29, 0.717) is 16.3 Å². The van der Waals surface area contributed by atoms with Gasteiger partial charge in [0.05, 0.1) is 11.9 Å². The van der Waals surface area contributed by atoms with Crippen molar-refractivity contribution in [2.45, 2.75) is 13.8 Å². The van der Waals surface area contributed by atoms with Gasteiger partial charge in [0.1, 0.15) is 5.82 Å². The molecular formula is C14H13FN6S. The van der Waals surface area contributed by atoms with Gasteiger partial charge in [-0.3, -0.25) is 0 Å². The first-order valence-corrected chi connectivity index (χ1v) is 6.96. The monoisotopic (exact) mass is 316 g/mol. The van der Waals surface area contributed by atoms with Crippen LogP contribution in [0.5, 0.6) is 0 Å². The van der Waals surface area contributed by atoms with Crippen molar-refractivity contribution < 1.29 is 4.39 Å². The van der Waals surface area contributed by atoms with E-state index in [0.717, 1.165) is 11.4 Å². The fourth-order valence-corrected chi connectivity index (χ4v) is 2.24. The highest BCUT2D eigenvalue weighted by atomic mass is 32.1. The van der Waals surface area contributed by atoms with Crippen molar-refractivity contribution >= 4 is 18.4 Å². The average Bonchev–Trinajstić information content (AvgIpc) is 2.99. The number of aryl methyl sites for hydroxylation is 2. The quantitative estimate of drug-likeness (QED) is 0.597. The first-order chi connectivity index (χ1) is 10.5. The van der Waals surface area contributed by atoms with E-state index in [9.17, 15) is 4.39 Å². The molecule has 2 heterocycles. The zero-order valence-electron chi connectivity index (χ0n) is 12.0. The Morgan fingerprint density at radius 1 is 1.32 bits per heavy atom. The molecular weight excluding hydrogens is 303 g/mol. The van der Waals surface area contributed by atoms with Crippen LogP contribution in [0.1, 0.15) is 17.0 Å². The van der Waals surface area contributed by atoms with Crippen LogP contribution in [0.2, 0.25) is 0 Å². The summed E-state index contributed by atoms with van der Waals surface area (Å²) in [4.78, 5) is 0. The molecule has 3 aromatic rings. The van der Waals surface area contributed by atoms with Gasteiger partial charge in [-0.2, -0.15) is 14.9 Å². The van der Waals surface area contributed by atoms with Gasteiger partial charge in [0.15, 0.2) is 0 Å². The van der Waals surface area contributed by atoms with Crippen molar-refractivity contribution in [1.82, 2.24) is 24.7 Å². The largest absolute Gasteiger partial charge is 0.271 e. The number of halogens is 1. The average molecular weight is 316 g/mol. The van der Waals surface area contributed by atoms with Crippen LogP contribution >= 0.6 is 12.2 Å². The van der Waals surface area contributed by atoms with Gasteiger partial charge in [0.25, 0.3) is 5.95 Å². The summed E-state index contributed by atoms with van der Waals surface area (Å²) in [6, 6.07) is 8.06. The van der Waals surface area contributed by atoms with Crippen molar-refractivity contribution in [3.05, 3.63) is 57.9 Å². The molecule has 0 aliphatic carbocycles. The maximum absolute atomic E-state index is 13.2. The molecule has 0 saturated heterocycles. The minimum absolute atomic E-state index is 0.321. The third-order valence-electron chi connectivity index (χ3n) is 3.00. The van der Waals surface area contributed by atoms with Crippen molar-refractivity contribution in [2.24, 2.45) is 5.10 Å². The summed E-state index contributed by atoms with van der Waals surface area (Å²) in [7, 11) is 0. The zero-order valence-corrected chi connectivity index (χ0v) is 12.8. The van der Waals surface area contributed by atoms with Crippen molar-refractivity contribution in [2.75, 3.05) is 0 Å². The van der Waals surface area contributed by atoms with Crippen LogP contribution in [0.25, 0.3) is 5.95 Å². The number of nitrogens with one attached hydrogen (secondary N) is 1. The standard InChI is InChI=1S/C14H13FN6S/c1-9-6-10(2)20(19-9)13-17-18-14(22)21(13)16-8-11-4-3-5-12(15)7-11/h3-8H,1-2H3,(H,18,22)/b16-8-. The summed E-state index contributed by atoms with van der Waals surface area (Å²) in [6.07, 6.45) is 1.52. The molecule has 0 bridgehead atoms. The van der Waals surface area contributed by atoms with Crippen LogP contribution < -0.4 is 0 Å².